The maximum absolute atomic E-state index is 4.26. The van der Waals surface area contributed by atoms with E-state index in [0.29, 0.717) is 5.92 Å². The average Bonchev–Trinajstić information content (AvgIpc) is 2.15. The molecule has 1 aromatic rings. The summed E-state index contributed by atoms with van der Waals surface area (Å²) in [6.07, 6.45) is 1.83. The molecule has 0 unspecified atom stereocenters. The number of rotatable bonds is 4. The first-order valence-corrected chi connectivity index (χ1v) is 4.97. The van der Waals surface area contributed by atoms with Crippen molar-refractivity contribution >= 4 is 11.5 Å². The molecule has 14 heavy (non-hydrogen) atoms. The fourth-order valence-corrected chi connectivity index (χ4v) is 1.10. The Morgan fingerprint density at radius 3 is 2.71 bits per heavy atom. The minimum absolute atomic E-state index is 0.639. The highest BCUT2D eigenvalue weighted by atomic mass is 15.1. The quantitative estimate of drug-likeness (QED) is 0.794. The van der Waals surface area contributed by atoms with E-state index in [0.717, 1.165) is 12.4 Å². The number of aromatic nitrogens is 1. The van der Waals surface area contributed by atoms with Gasteiger partial charge in [-0.15, -0.1) is 0 Å². The van der Waals surface area contributed by atoms with E-state index in [1.807, 2.05) is 26.4 Å². The first-order chi connectivity index (χ1) is 6.59. The summed E-state index contributed by atoms with van der Waals surface area (Å²) < 4.78 is 0. The Balaban J connectivity index is 2.64. The van der Waals surface area contributed by atoms with Crippen molar-refractivity contribution in [2.45, 2.75) is 13.8 Å². The van der Waals surface area contributed by atoms with Crippen LogP contribution >= 0.6 is 0 Å². The largest absolute Gasteiger partial charge is 0.378 e. The van der Waals surface area contributed by atoms with Crippen molar-refractivity contribution in [1.82, 2.24) is 4.98 Å². The lowest BCUT2D eigenvalue weighted by molar-refractivity contribution is 0.687. The van der Waals surface area contributed by atoms with Gasteiger partial charge in [0, 0.05) is 38.6 Å². The monoisotopic (exact) mass is 193 g/mol. The number of hydrogen-bond acceptors (Lipinski definition) is 3. The van der Waals surface area contributed by atoms with Crippen molar-refractivity contribution in [3.8, 4) is 0 Å². The number of anilines is 2. The highest BCUT2D eigenvalue weighted by molar-refractivity contribution is 5.52. The van der Waals surface area contributed by atoms with Crippen LogP contribution in [0, 0.1) is 5.92 Å². The number of pyridine rings is 1. The second kappa shape index (κ2) is 4.84. The number of nitrogens with zero attached hydrogens (tertiary/aromatic N) is 2. The number of nitrogens with one attached hydrogen (secondary N) is 1. The fourth-order valence-electron chi connectivity index (χ4n) is 1.10. The molecule has 3 heteroatoms. The molecule has 0 aliphatic rings. The normalized spacial score (nSPS) is 10.4. The first-order valence-electron chi connectivity index (χ1n) is 4.97. The van der Waals surface area contributed by atoms with Gasteiger partial charge in [0.2, 0.25) is 0 Å². The van der Waals surface area contributed by atoms with Crippen molar-refractivity contribution in [3.05, 3.63) is 18.3 Å². The van der Waals surface area contributed by atoms with Gasteiger partial charge in [-0.05, 0) is 12.0 Å². The maximum atomic E-state index is 4.26. The molecule has 1 rings (SSSR count). The molecule has 3 nitrogen and oxygen atoms in total. The average molecular weight is 193 g/mol. The van der Waals surface area contributed by atoms with E-state index < -0.39 is 0 Å². The van der Waals surface area contributed by atoms with Gasteiger partial charge in [-0.25, -0.2) is 4.98 Å². The van der Waals surface area contributed by atoms with Crippen LogP contribution in [0.4, 0.5) is 11.5 Å². The summed E-state index contributed by atoms with van der Waals surface area (Å²) in [4.78, 5) is 6.33. The molecule has 0 bridgehead atoms. The standard InChI is InChI=1S/C11H19N3/c1-9(2)8-13-11-7-10(14(3)4)5-6-12-11/h5-7,9H,8H2,1-4H3,(H,12,13). The van der Waals surface area contributed by atoms with E-state index in [1.165, 1.54) is 5.69 Å². The van der Waals surface area contributed by atoms with Gasteiger partial charge < -0.3 is 10.2 Å². The van der Waals surface area contributed by atoms with E-state index in [1.54, 1.807) is 0 Å². The zero-order chi connectivity index (χ0) is 10.6. The van der Waals surface area contributed by atoms with Gasteiger partial charge >= 0.3 is 0 Å². The molecule has 0 aliphatic heterocycles. The molecule has 0 spiro atoms. The second-order valence-corrected chi connectivity index (χ2v) is 4.07. The fraction of sp³-hybridized carbons (Fsp3) is 0.545. The molecular weight excluding hydrogens is 174 g/mol. The van der Waals surface area contributed by atoms with E-state index in [9.17, 15) is 0 Å². The molecule has 0 atom stereocenters. The van der Waals surface area contributed by atoms with Gasteiger partial charge in [0.1, 0.15) is 5.82 Å². The van der Waals surface area contributed by atoms with Gasteiger partial charge in [-0.1, -0.05) is 13.8 Å². The van der Waals surface area contributed by atoms with Crippen LogP contribution < -0.4 is 10.2 Å². The first kappa shape index (κ1) is 10.8. The van der Waals surface area contributed by atoms with Crippen LogP contribution in [-0.2, 0) is 0 Å². The lowest BCUT2D eigenvalue weighted by Crippen LogP contribution is -2.12. The molecule has 0 radical (unpaired) electrons. The minimum atomic E-state index is 0.639. The Hall–Kier alpha value is -1.25. The predicted octanol–water partition coefficient (Wildman–Crippen LogP) is 2.22. The van der Waals surface area contributed by atoms with Gasteiger partial charge in [-0.3, -0.25) is 0 Å². The van der Waals surface area contributed by atoms with Crippen LogP contribution in [0.15, 0.2) is 18.3 Å². The summed E-state index contributed by atoms with van der Waals surface area (Å²) in [6, 6.07) is 4.06. The van der Waals surface area contributed by atoms with Crippen LogP contribution in [-0.4, -0.2) is 25.6 Å². The third kappa shape index (κ3) is 3.24. The topological polar surface area (TPSA) is 28.2 Å². The summed E-state index contributed by atoms with van der Waals surface area (Å²) >= 11 is 0. The van der Waals surface area contributed by atoms with E-state index in [2.05, 4.69) is 35.1 Å². The van der Waals surface area contributed by atoms with Crippen LogP contribution in [0.5, 0.6) is 0 Å². The molecule has 0 saturated heterocycles. The Bertz CT molecular complexity index is 282. The molecule has 0 aliphatic carbocycles. The highest BCUT2D eigenvalue weighted by Gasteiger charge is 1.99. The summed E-state index contributed by atoms with van der Waals surface area (Å²) in [7, 11) is 4.06. The third-order valence-electron chi connectivity index (χ3n) is 1.95. The molecule has 1 aromatic heterocycles. The van der Waals surface area contributed by atoms with Gasteiger partial charge in [0.25, 0.3) is 0 Å². The maximum Gasteiger partial charge on any atom is 0.127 e. The zero-order valence-electron chi connectivity index (χ0n) is 9.41. The SMILES string of the molecule is CC(C)CNc1cc(N(C)C)ccn1. The van der Waals surface area contributed by atoms with Gasteiger partial charge in [-0.2, -0.15) is 0 Å². The molecule has 78 valence electrons. The van der Waals surface area contributed by atoms with Crippen LogP contribution in [0.25, 0.3) is 0 Å². The van der Waals surface area contributed by atoms with Crippen molar-refractivity contribution in [2.75, 3.05) is 30.9 Å². The predicted molar refractivity (Wildman–Crippen MR) is 61.9 cm³/mol. The van der Waals surface area contributed by atoms with Crippen LogP contribution in [0.2, 0.25) is 0 Å². The molecule has 1 N–H and O–H groups in total. The Morgan fingerprint density at radius 2 is 2.14 bits per heavy atom. The minimum Gasteiger partial charge on any atom is -0.378 e. The van der Waals surface area contributed by atoms with E-state index >= 15 is 0 Å². The molecule has 0 fully saturated rings. The van der Waals surface area contributed by atoms with Crippen molar-refractivity contribution in [2.24, 2.45) is 5.92 Å². The highest BCUT2D eigenvalue weighted by Crippen LogP contribution is 2.14. The Labute approximate surface area is 86.2 Å². The zero-order valence-corrected chi connectivity index (χ0v) is 9.41. The molecular formula is C11H19N3. The summed E-state index contributed by atoms with van der Waals surface area (Å²) in [5.74, 6) is 1.59. The Kier molecular flexibility index (Phi) is 3.74. The second-order valence-electron chi connectivity index (χ2n) is 4.07. The lowest BCUT2D eigenvalue weighted by Gasteiger charge is -2.14. The molecule has 1 heterocycles. The smallest absolute Gasteiger partial charge is 0.127 e. The lowest BCUT2D eigenvalue weighted by atomic mass is 10.2. The molecule has 0 amide bonds. The van der Waals surface area contributed by atoms with Crippen molar-refractivity contribution in [1.29, 1.82) is 0 Å². The van der Waals surface area contributed by atoms with Crippen LogP contribution in [0.1, 0.15) is 13.8 Å². The summed E-state index contributed by atoms with van der Waals surface area (Å²) in [5, 5.41) is 3.30. The third-order valence-corrected chi connectivity index (χ3v) is 1.95. The van der Waals surface area contributed by atoms with E-state index in [4.69, 9.17) is 0 Å². The van der Waals surface area contributed by atoms with E-state index in [-0.39, 0.29) is 0 Å². The van der Waals surface area contributed by atoms with Gasteiger partial charge in [0.05, 0.1) is 0 Å². The Morgan fingerprint density at radius 1 is 1.43 bits per heavy atom. The molecule has 0 saturated carbocycles. The van der Waals surface area contributed by atoms with Gasteiger partial charge in [0.15, 0.2) is 0 Å². The molecule has 0 aromatic carbocycles. The number of hydrogen-bond donors (Lipinski definition) is 1. The van der Waals surface area contributed by atoms with Crippen molar-refractivity contribution < 1.29 is 0 Å². The van der Waals surface area contributed by atoms with Crippen molar-refractivity contribution in [3.63, 3.8) is 0 Å². The summed E-state index contributed by atoms with van der Waals surface area (Å²) in [6.45, 7) is 5.33. The van der Waals surface area contributed by atoms with Crippen LogP contribution in [0.3, 0.4) is 0 Å². The summed E-state index contributed by atoms with van der Waals surface area (Å²) in [5.41, 5.74) is 1.17.